The van der Waals surface area contributed by atoms with Crippen molar-refractivity contribution in [3.05, 3.63) is 70.7 Å². The summed E-state index contributed by atoms with van der Waals surface area (Å²) >= 11 is 3.35. The Bertz CT molecular complexity index is 855. The highest BCUT2D eigenvalue weighted by molar-refractivity contribution is 9.10. The molecular formula is C22H25BrN2O6. The van der Waals surface area contributed by atoms with Crippen molar-refractivity contribution in [2.24, 2.45) is 0 Å². The van der Waals surface area contributed by atoms with Gasteiger partial charge in [0.2, 0.25) is 0 Å². The lowest BCUT2D eigenvalue weighted by atomic mass is 10.0. The molecule has 0 aliphatic carbocycles. The molecule has 0 saturated heterocycles. The third-order valence-electron chi connectivity index (χ3n) is 4.17. The summed E-state index contributed by atoms with van der Waals surface area (Å²) in [4.78, 5) is 23.4. The number of amides is 2. The summed E-state index contributed by atoms with van der Waals surface area (Å²) in [6, 6.07) is 14.2. The van der Waals surface area contributed by atoms with Crippen LogP contribution in [0.5, 0.6) is 5.75 Å². The maximum absolute atomic E-state index is 12.4. The number of rotatable bonds is 11. The Morgan fingerprint density at radius 2 is 1.81 bits per heavy atom. The first kappa shape index (κ1) is 24.4. The van der Waals surface area contributed by atoms with Gasteiger partial charge in [0.25, 0.3) is 5.91 Å². The van der Waals surface area contributed by atoms with Crippen LogP contribution < -0.4 is 15.5 Å². The number of anilines is 1. The smallest absolute Gasteiger partial charge is 0.412 e. The topological polar surface area (TPSA) is 117 Å². The first-order valence-electron chi connectivity index (χ1n) is 9.69. The number of ether oxygens (including phenoxy) is 2. The molecule has 0 aliphatic rings. The van der Waals surface area contributed by atoms with Crippen LogP contribution in [0.2, 0.25) is 0 Å². The Hall–Kier alpha value is -2.88. The van der Waals surface area contributed by atoms with Crippen LogP contribution in [0.3, 0.4) is 0 Å². The van der Waals surface area contributed by atoms with Crippen LogP contribution in [0.15, 0.2) is 65.2 Å². The highest BCUT2D eigenvalue weighted by Gasteiger charge is 2.17. The molecule has 0 bridgehead atoms. The third-order valence-corrected chi connectivity index (χ3v) is 4.70. The molecule has 8 nitrogen and oxygen atoms in total. The number of hydrogen-bond acceptors (Lipinski definition) is 6. The zero-order valence-electron chi connectivity index (χ0n) is 16.8. The van der Waals surface area contributed by atoms with Crippen molar-refractivity contribution in [1.82, 2.24) is 5.48 Å². The van der Waals surface area contributed by atoms with Gasteiger partial charge in [-0.25, -0.2) is 10.3 Å². The van der Waals surface area contributed by atoms with E-state index < -0.39 is 18.1 Å². The molecule has 0 unspecified atom stereocenters. The molecule has 0 heterocycles. The number of unbranched alkanes of at least 4 members (excludes halogenated alkanes) is 1. The quantitative estimate of drug-likeness (QED) is 0.160. The second kappa shape index (κ2) is 13.4. The predicted molar refractivity (Wildman–Crippen MR) is 119 cm³/mol. The van der Waals surface area contributed by atoms with E-state index in [1.807, 2.05) is 12.1 Å². The minimum atomic E-state index is -0.597. The van der Waals surface area contributed by atoms with Crippen LogP contribution in [0.25, 0.3) is 0 Å². The van der Waals surface area contributed by atoms with Crippen molar-refractivity contribution in [2.75, 3.05) is 18.5 Å². The molecule has 0 spiro atoms. The second-order valence-corrected chi connectivity index (χ2v) is 7.39. The van der Waals surface area contributed by atoms with E-state index in [1.54, 1.807) is 42.5 Å². The number of halogens is 1. The monoisotopic (exact) mass is 492 g/mol. The van der Waals surface area contributed by atoms with Gasteiger partial charge >= 0.3 is 6.09 Å². The molecule has 2 amide bonds. The molecule has 2 aromatic carbocycles. The van der Waals surface area contributed by atoms with Gasteiger partial charge in [0.15, 0.2) is 0 Å². The van der Waals surface area contributed by atoms with E-state index in [9.17, 15) is 9.59 Å². The van der Waals surface area contributed by atoms with E-state index >= 15 is 0 Å². The molecule has 0 radical (unpaired) electrons. The molecule has 4 N–H and O–H groups in total. The lowest BCUT2D eigenvalue weighted by Crippen LogP contribution is -2.17. The molecule has 0 saturated carbocycles. The maximum Gasteiger partial charge on any atom is 0.412 e. The highest BCUT2D eigenvalue weighted by Crippen LogP contribution is 2.26. The number of allylic oxidation sites excluding steroid dienone is 1. The van der Waals surface area contributed by atoms with Crippen molar-refractivity contribution in [3.63, 3.8) is 0 Å². The average molecular weight is 493 g/mol. The second-order valence-electron chi connectivity index (χ2n) is 6.48. The molecule has 0 fully saturated rings. The minimum Gasteiger partial charge on any atom is -0.491 e. The number of hydrogen-bond donors (Lipinski definition) is 4. The Labute approximate surface area is 189 Å². The van der Waals surface area contributed by atoms with E-state index in [4.69, 9.17) is 19.8 Å². The summed E-state index contributed by atoms with van der Waals surface area (Å²) in [6.07, 6.45) is 3.52. The van der Waals surface area contributed by atoms with Gasteiger partial charge in [-0.05, 0) is 61.2 Å². The number of aliphatic hydroxyl groups excluding tert-OH is 1. The first-order valence-corrected chi connectivity index (χ1v) is 10.5. The molecule has 31 heavy (non-hydrogen) atoms. The molecule has 166 valence electrons. The average Bonchev–Trinajstić information content (AvgIpc) is 2.78. The Kier molecular flexibility index (Phi) is 10.6. The van der Waals surface area contributed by atoms with E-state index in [0.29, 0.717) is 30.7 Å². The zero-order chi connectivity index (χ0) is 22.5. The summed E-state index contributed by atoms with van der Waals surface area (Å²) in [5, 5.41) is 20.1. The van der Waals surface area contributed by atoms with E-state index in [1.165, 1.54) is 11.6 Å². The van der Waals surface area contributed by atoms with Crippen molar-refractivity contribution in [2.45, 2.75) is 25.4 Å². The van der Waals surface area contributed by atoms with Gasteiger partial charge in [0, 0.05) is 16.2 Å². The van der Waals surface area contributed by atoms with Gasteiger partial charge in [-0.1, -0.05) is 34.1 Å². The fourth-order valence-electron chi connectivity index (χ4n) is 2.69. The van der Waals surface area contributed by atoms with E-state index in [-0.39, 0.29) is 13.2 Å². The fourth-order valence-corrected chi connectivity index (χ4v) is 2.96. The van der Waals surface area contributed by atoms with Crippen LogP contribution in [-0.2, 0) is 9.53 Å². The maximum atomic E-state index is 12.4. The van der Waals surface area contributed by atoms with Crippen molar-refractivity contribution < 1.29 is 29.4 Å². The SMILES string of the molecule is O=C(/C=C/CCC[C@H](OC(=O)Nc1ccc(Br)cc1)c1ccc(OCCO)cc1)NO. The highest BCUT2D eigenvalue weighted by atomic mass is 79.9. The zero-order valence-corrected chi connectivity index (χ0v) is 18.4. The van der Waals surface area contributed by atoms with Crippen LogP contribution in [-0.4, -0.2) is 35.5 Å². The van der Waals surface area contributed by atoms with Crippen molar-refractivity contribution in [3.8, 4) is 5.75 Å². The van der Waals surface area contributed by atoms with Crippen LogP contribution >= 0.6 is 15.9 Å². The van der Waals surface area contributed by atoms with E-state index in [2.05, 4.69) is 21.2 Å². The lowest BCUT2D eigenvalue weighted by Gasteiger charge is -2.19. The molecule has 0 aromatic heterocycles. The fraction of sp³-hybridized carbons (Fsp3) is 0.273. The van der Waals surface area contributed by atoms with Crippen LogP contribution in [0.4, 0.5) is 10.5 Å². The Morgan fingerprint density at radius 3 is 2.45 bits per heavy atom. The normalized spacial score (nSPS) is 11.7. The Morgan fingerprint density at radius 1 is 1.10 bits per heavy atom. The molecule has 1 atom stereocenters. The molecular weight excluding hydrogens is 468 g/mol. The van der Waals surface area contributed by atoms with E-state index in [0.717, 1.165) is 10.0 Å². The molecule has 2 aromatic rings. The van der Waals surface area contributed by atoms with Gasteiger partial charge in [0.1, 0.15) is 18.5 Å². The summed E-state index contributed by atoms with van der Waals surface area (Å²) < 4.78 is 11.9. The van der Waals surface area contributed by atoms with Crippen molar-refractivity contribution in [1.29, 1.82) is 0 Å². The lowest BCUT2D eigenvalue weighted by molar-refractivity contribution is -0.124. The number of aliphatic hydroxyl groups is 1. The number of carbonyl (C=O) groups is 2. The molecule has 0 aliphatic heterocycles. The minimum absolute atomic E-state index is 0.0778. The first-order chi connectivity index (χ1) is 15.0. The van der Waals surface area contributed by atoms with Crippen molar-refractivity contribution >= 4 is 33.6 Å². The molecule has 9 heteroatoms. The van der Waals surface area contributed by atoms with Gasteiger partial charge in [-0.2, -0.15) is 0 Å². The Balaban J connectivity index is 2.01. The van der Waals surface area contributed by atoms with Gasteiger partial charge in [-0.3, -0.25) is 15.3 Å². The van der Waals surface area contributed by atoms with Crippen LogP contribution in [0, 0.1) is 0 Å². The predicted octanol–water partition coefficient (Wildman–Crippen LogP) is 4.34. The van der Waals surface area contributed by atoms with Gasteiger partial charge in [0.05, 0.1) is 6.61 Å². The summed E-state index contributed by atoms with van der Waals surface area (Å²) in [5.41, 5.74) is 2.93. The van der Waals surface area contributed by atoms with Gasteiger partial charge < -0.3 is 14.6 Å². The molecule has 2 rings (SSSR count). The number of carbonyl (C=O) groups excluding carboxylic acids is 2. The third kappa shape index (κ3) is 9.20. The summed E-state index contributed by atoms with van der Waals surface area (Å²) in [6.45, 7) is 0.119. The largest absolute Gasteiger partial charge is 0.491 e. The summed E-state index contributed by atoms with van der Waals surface area (Å²) in [7, 11) is 0. The number of hydroxylamine groups is 1. The standard InChI is InChI=1S/C22H25BrN2O6/c23-17-8-10-18(11-9-17)24-22(28)31-20(4-2-1-3-5-21(27)25-29)16-6-12-19(13-7-16)30-15-14-26/h3,5-13,20,26,29H,1-2,4,14-15H2,(H,24,28)(H,25,27)/b5-3+/t20-/m0/s1. The van der Waals surface area contributed by atoms with Crippen LogP contribution in [0.1, 0.15) is 30.9 Å². The number of nitrogens with one attached hydrogen (secondary N) is 2. The number of benzene rings is 2. The summed E-state index contributed by atoms with van der Waals surface area (Å²) in [5.74, 6) is 0.00829. The van der Waals surface area contributed by atoms with Gasteiger partial charge in [-0.15, -0.1) is 0 Å².